The molecule has 0 bridgehead atoms. The molecule has 0 amide bonds. The topological polar surface area (TPSA) is 38.1 Å². The van der Waals surface area contributed by atoms with Gasteiger partial charge in [-0.3, -0.25) is 0 Å². The van der Waals surface area contributed by atoms with E-state index in [0.29, 0.717) is 0 Å². The van der Waals surface area contributed by atoms with Gasteiger partial charge >= 0.3 is 0 Å². The highest BCUT2D eigenvalue weighted by atomic mass is 16.5. The van der Waals surface area contributed by atoms with Crippen LogP contribution in [0.5, 0.6) is 0 Å². The molecule has 3 nitrogen and oxygen atoms in total. The summed E-state index contributed by atoms with van der Waals surface area (Å²) in [6.07, 6.45) is 3.15. The third-order valence-electron chi connectivity index (χ3n) is 2.05. The lowest BCUT2D eigenvalue weighted by Crippen LogP contribution is -2.10. The van der Waals surface area contributed by atoms with Crippen molar-refractivity contribution in [3.05, 3.63) is 11.5 Å². The van der Waals surface area contributed by atoms with Crippen molar-refractivity contribution in [1.29, 1.82) is 0 Å². The quantitative estimate of drug-likeness (QED) is 0.664. The summed E-state index contributed by atoms with van der Waals surface area (Å²) in [6, 6.07) is 0. The summed E-state index contributed by atoms with van der Waals surface area (Å²) in [5, 5.41) is 7.28. The summed E-state index contributed by atoms with van der Waals surface area (Å²) in [6.45, 7) is 3.15. The molecule has 0 aromatic carbocycles. The van der Waals surface area contributed by atoms with E-state index in [2.05, 4.69) is 17.4 Å². The van der Waals surface area contributed by atoms with Crippen molar-refractivity contribution in [2.45, 2.75) is 26.2 Å². The van der Waals surface area contributed by atoms with E-state index in [-0.39, 0.29) is 0 Å². The summed E-state index contributed by atoms with van der Waals surface area (Å²) in [4.78, 5) is 0. The second kappa shape index (κ2) is 2.57. The Labute approximate surface area is 65.8 Å². The van der Waals surface area contributed by atoms with Crippen molar-refractivity contribution in [3.8, 4) is 0 Å². The molecule has 1 aliphatic heterocycles. The zero-order valence-corrected chi connectivity index (χ0v) is 6.68. The Morgan fingerprint density at radius 3 is 3.36 bits per heavy atom. The van der Waals surface area contributed by atoms with E-state index in [1.165, 1.54) is 0 Å². The van der Waals surface area contributed by atoms with Gasteiger partial charge in [0.05, 0.1) is 0 Å². The van der Waals surface area contributed by atoms with Crippen LogP contribution in [-0.2, 0) is 12.8 Å². The third-order valence-corrected chi connectivity index (χ3v) is 2.05. The Kier molecular flexibility index (Phi) is 1.56. The normalized spacial score (nSPS) is 15.7. The summed E-state index contributed by atoms with van der Waals surface area (Å²) >= 11 is 0. The maximum absolute atomic E-state index is 5.17. The molecule has 1 N–H and O–H groups in total. The van der Waals surface area contributed by atoms with Crippen molar-refractivity contribution < 1.29 is 4.52 Å². The molecule has 0 saturated heterocycles. The first kappa shape index (κ1) is 6.70. The fourth-order valence-electron chi connectivity index (χ4n) is 1.44. The van der Waals surface area contributed by atoms with Gasteiger partial charge in [-0.05, 0) is 12.8 Å². The number of nitrogens with one attached hydrogen (secondary N) is 1. The van der Waals surface area contributed by atoms with Crippen LogP contribution in [0.15, 0.2) is 4.52 Å². The van der Waals surface area contributed by atoms with Gasteiger partial charge in [-0.1, -0.05) is 12.1 Å². The van der Waals surface area contributed by atoms with E-state index >= 15 is 0 Å². The lowest BCUT2D eigenvalue weighted by atomic mass is 10.1. The van der Waals surface area contributed by atoms with Crippen molar-refractivity contribution in [3.63, 3.8) is 0 Å². The first-order valence-electron chi connectivity index (χ1n) is 4.13. The standard InChI is InChI=1S/C8H12N2O/c1-2-6-8-7(11-10-6)4-3-5-9-8/h9H,2-5H2,1H3. The van der Waals surface area contributed by atoms with Crippen LogP contribution in [0, 0.1) is 0 Å². The highest BCUT2D eigenvalue weighted by Crippen LogP contribution is 2.25. The van der Waals surface area contributed by atoms with Crippen molar-refractivity contribution in [2.75, 3.05) is 11.9 Å². The van der Waals surface area contributed by atoms with E-state index in [4.69, 9.17) is 4.52 Å². The summed E-state index contributed by atoms with van der Waals surface area (Å²) < 4.78 is 5.17. The lowest BCUT2D eigenvalue weighted by molar-refractivity contribution is 0.375. The van der Waals surface area contributed by atoms with Crippen LogP contribution in [0.1, 0.15) is 24.8 Å². The molecule has 1 aliphatic rings. The number of aromatic nitrogens is 1. The van der Waals surface area contributed by atoms with Gasteiger partial charge in [0.15, 0.2) is 5.76 Å². The van der Waals surface area contributed by atoms with Crippen LogP contribution >= 0.6 is 0 Å². The zero-order chi connectivity index (χ0) is 7.68. The predicted octanol–water partition coefficient (Wildman–Crippen LogP) is 1.60. The van der Waals surface area contributed by atoms with Gasteiger partial charge in [-0.15, -0.1) is 0 Å². The Balaban J connectivity index is 2.38. The first-order chi connectivity index (χ1) is 5.42. The molecule has 0 fully saturated rings. The molecule has 1 aromatic rings. The molecule has 0 saturated carbocycles. The maximum atomic E-state index is 5.17. The number of aryl methyl sites for hydroxylation is 2. The van der Waals surface area contributed by atoms with Crippen LogP contribution in [0.4, 0.5) is 5.69 Å². The van der Waals surface area contributed by atoms with Gasteiger partial charge in [0, 0.05) is 13.0 Å². The molecule has 3 heteroatoms. The van der Waals surface area contributed by atoms with Gasteiger partial charge in [0.2, 0.25) is 0 Å². The van der Waals surface area contributed by atoms with Crippen LogP contribution in [-0.4, -0.2) is 11.7 Å². The molecule has 0 spiro atoms. The van der Waals surface area contributed by atoms with Gasteiger partial charge in [0.1, 0.15) is 11.4 Å². The molecular weight excluding hydrogens is 140 g/mol. The molecule has 2 rings (SSSR count). The molecule has 0 atom stereocenters. The minimum atomic E-state index is 0.950. The minimum Gasteiger partial charge on any atom is -0.381 e. The van der Waals surface area contributed by atoms with Crippen LogP contribution in [0.2, 0.25) is 0 Å². The number of anilines is 1. The molecule has 11 heavy (non-hydrogen) atoms. The highest BCUT2D eigenvalue weighted by Gasteiger charge is 2.17. The SMILES string of the molecule is CCc1noc2c1NCCC2. The number of hydrogen-bond donors (Lipinski definition) is 1. The average molecular weight is 152 g/mol. The Morgan fingerprint density at radius 1 is 1.64 bits per heavy atom. The second-order valence-electron chi connectivity index (χ2n) is 2.81. The summed E-state index contributed by atoms with van der Waals surface area (Å²) in [5.74, 6) is 1.04. The van der Waals surface area contributed by atoms with Gasteiger partial charge in [-0.2, -0.15) is 0 Å². The molecule has 1 aromatic heterocycles. The molecule has 0 radical (unpaired) electrons. The number of fused-ring (bicyclic) bond motifs is 1. The van der Waals surface area contributed by atoms with Gasteiger partial charge in [0.25, 0.3) is 0 Å². The third kappa shape index (κ3) is 1.00. The minimum absolute atomic E-state index is 0.950. The van der Waals surface area contributed by atoms with Crippen LogP contribution < -0.4 is 5.32 Å². The van der Waals surface area contributed by atoms with Gasteiger partial charge < -0.3 is 9.84 Å². The molecule has 0 unspecified atom stereocenters. The highest BCUT2D eigenvalue weighted by molar-refractivity contribution is 5.52. The first-order valence-corrected chi connectivity index (χ1v) is 4.13. The predicted molar refractivity (Wildman–Crippen MR) is 42.7 cm³/mol. The zero-order valence-electron chi connectivity index (χ0n) is 6.68. The van der Waals surface area contributed by atoms with Crippen LogP contribution in [0.3, 0.4) is 0 Å². The maximum Gasteiger partial charge on any atom is 0.160 e. The Morgan fingerprint density at radius 2 is 2.55 bits per heavy atom. The summed E-state index contributed by atoms with van der Waals surface area (Å²) in [7, 11) is 0. The van der Waals surface area contributed by atoms with Crippen molar-refractivity contribution in [2.24, 2.45) is 0 Å². The van der Waals surface area contributed by atoms with Gasteiger partial charge in [-0.25, -0.2) is 0 Å². The summed E-state index contributed by atoms with van der Waals surface area (Å²) in [5.41, 5.74) is 2.22. The number of rotatable bonds is 1. The molecule has 60 valence electrons. The number of hydrogen-bond acceptors (Lipinski definition) is 3. The monoisotopic (exact) mass is 152 g/mol. The molecule has 0 aliphatic carbocycles. The van der Waals surface area contributed by atoms with Crippen LogP contribution in [0.25, 0.3) is 0 Å². The molecule has 2 heterocycles. The van der Waals surface area contributed by atoms with E-state index in [9.17, 15) is 0 Å². The fraction of sp³-hybridized carbons (Fsp3) is 0.625. The Bertz CT molecular complexity index is 241. The van der Waals surface area contributed by atoms with E-state index in [1.54, 1.807) is 0 Å². The Hall–Kier alpha value is -0.990. The van der Waals surface area contributed by atoms with E-state index in [1.807, 2.05) is 0 Å². The fourth-order valence-corrected chi connectivity index (χ4v) is 1.44. The van der Waals surface area contributed by atoms with E-state index in [0.717, 1.165) is 42.9 Å². The molecular formula is C8H12N2O. The smallest absolute Gasteiger partial charge is 0.160 e. The largest absolute Gasteiger partial charge is 0.381 e. The van der Waals surface area contributed by atoms with E-state index < -0.39 is 0 Å². The average Bonchev–Trinajstić information content (AvgIpc) is 2.47. The number of nitrogens with zero attached hydrogens (tertiary/aromatic N) is 1. The van der Waals surface area contributed by atoms with Crippen molar-refractivity contribution in [1.82, 2.24) is 5.16 Å². The second-order valence-corrected chi connectivity index (χ2v) is 2.81. The van der Waals surface area contributed by atoms with Crippen molar-refractivity contribution >= 4 is 5.69 Å². The lowest BCUT2D eigenvalue weighted by Gasteiger charge is -2.11.